The first-order valence-corrected chi connectivity index (χ1v) is 9.81. The van der Waals surface area contributed by atoms with Crippen molar-refractivity contribution in [3.05, 3.63) is 65.7 Å². The van der Waals surface area contributed by atoms with E-state index in [4.69, 9.17) is 4.28 Å². The van der Waals surface area contributed by atoms with Gasteiger partial charge in [-0.2, -0.15) is 8.42 Å². The van der Waals surface area contributed by atoms with E-state index in [9.17, 15) is 22.0 Å². The smallest absolute Gasteiger partial charge is 0.272 e. The molecule has 3 rings (SSSR count). The third-order valence-corrected chi connectivity index (χ3v) is 5.92. The van der Waals surface area contributed by atoms with Crippen LogP contribution in [0.2, 0.25) is 0 Å². The Bertz CT molecular complexity index is 916. The standard InChI is InChI=1S/C19H19F2NO4S/c1-14-7-9-16(10-8-14)27(24,25)26-22-12-11-19(17(20)21,18(22)23)13-15-5-3-2-4-6-15/h2-10,17H,11-13H2,1H3. The Labute approximate surface area is 156 Å². The number of carbonyl (C=O) groups is 1. The van der Waals surface area contributed by atoms with E-state index in [1.807, 2.05) is 0 Å². The zero-order valence-corrected chi connectivity index (χ0v) is 15.5. The minimum atomic E-state index is -4.28. The van der Waals surface area contributed by atoms with Crippen molar-refractivity contribution in [1.29, 1.82) is 0 Å². The molecule has 1 saturated heterocycles. The minimum absolute atomic E-state index is 0.140. The third kappa shape index (κ3) is 3.86. The van der Waals surface area contributed by atoms with Gasteiger partial charge in [0.15, 0.2) is 0 Å². The molecule has 0 aliphatic carbocycles. The average molecular weight is 395 g/mol. The van der Waals surface area contributed by atoms with E-state index in [0.717, 1.165) is 5.56 Å². The van der Waals surface area contributed by atoms with Gasteiger partial charge in [0.1, 0.15) is 5.41 Å². The number of hydrogen-bond donors (Lipinski definition) is 0. The lowest BCUT2D eigenvalue weighted by Gasteiger charge is -2.26. The highest BCUT2D eigenvalue weighted by molar-refractivity contribution is 7.86. The quantitative estimate of drug-likeness (QED) is 0.753. The van der Waals surface area contributed by atoms with Gasteiger partial charge in [-0.25, -0.2) is 13.8 Å². The highest BCUT2D eigenvalue weighted by Gasteiger charge is 2.55. The molecule has 144 valence electrons. The van der Waals surface area contributed by atoms with Crippen LogP contribution in [-0.2, 0) is 25.6 Å². The highest BCUT2D eigenvalue weighted by atomic mass is 32.2. The summed E-state index contributed by atoms with van der Waals surface area (Å²) in [7, 11) is -4.28. The molecule has 0 aromatic heterocycles. The summed E-state index contributed by atoms with van der Waals surface area (Å²) in [6.07, 6.45) is -3.32. The van der Waals surface area contributed by atoms with Crippen LogP contribution < -0.4 is 0 Å². The lowest BCUT2D eigenvalue weighted by Crippen LogP contribution is -2.42. The van der Waals surface area contributed by atoms with Crippen LogP contribution in [0.15, 0.2) is 59.5 Å². The largest absolute Gasteiger partial charge is 0.317 e. The van der Waals surface area contributed by atoms with Gasteiger partial charge in [-0.15, -0.1) is 4.28 Å². The molecule has 1 heterocycles. The number of benzene rings is 2. The van der Waals surface area contributed by atoms with Crippen molar-refractivity contribution >= 4 is 16.0 Å². The molecule has 0 radical (unpaired) electrons. The number of hydroxylamine groups is 2. The minimum Gasteiger partial charge on any atom is -0.272 e. The molecule has 2 aromatic rings. The Morgan fingerprint density at radius 1 is 1.11 bits per heavy atom. The van der Waals surface area contributed by atoms with Crippen molar-refractivity contribution in [2.45, 2.75) is 31.1 Å². The van der Waals surface area contributed by atoms with E-state index >= 15 is 0 Å². The van der Waals surface area contributed by atoms with Gasteiger partial charge in [-0.1, -0.05) is 48.0 Å². The predicted octanol–water partition coefficient (Wildman–Crippen LogP) is 3.34. The van der Waals surface area contributed by atoms with Gasteiger partial charge in [-0.05, 0) is 37.5 Å². The van der Waals surface area contributed by atoms with Crippen LogP contribution in [-0.4, -0.2) is 32.4 Å². The number of halogens is 2. The number of aryl methyl sites for hydroxylation is 1. The maximum Gasteiger partial charge on any atom is 0.317 e. The maximum absolute atomic E-state index is 13.9. The summed E-state index contributed by atoms with van der Waals surface area (Å²) >= 11 is 0. The number of hydrogen-bond acceptors (Lipinski definition) is 4. The fourth-order valence-electron chi connectivity index (χ4n) is 3.10. The molecule has 0 N–H and O–H groups in total. The fourth-order valence-corrected chi connectivity index (χ4v) is 4.03. The summed E-state index contributed by atoms with van der Waals surface area (Å²) in [5.41, 5.74) is -0.565. The third-order valence-electron chi connectivity index (χ3n) is 4.69. The van der Waals surface area contributed by atoms with Crippen molar-refractivity contribution in [2.24, 2.45) is 5.41 Å². The first-order valence-electron chi connectivity index (χ1n) is 8.40. The number of rotatable bonds is 6. The van der Waals surface area contributed by atoms with E-state index < -0.39 is 27.9 Å². The second-order valence-electron chi connectivity index (χ2n) is 6.62. The molecule has 1 aliphatic heterocycles. The van der Waals surface area contributed by atoms with Crippen LogP contribution in [0.25, 0.3) is 0 Å². The van der Waals surface area contributed by atoms with Crippen LogP contribution in [0.1, 0.15) is 17.5 Å². The van der Waals surface area contributed by atoms with Crippen molar-refractivity contribution < 1.29 is 26.3 Å². The van der Waals surface area contributed by atoms with Crippen LogP contribution in [0, 0.1) is 12.3 Å². The summed E-state index contributed by atoms with van der Waals surface area (Å²) in [5, 5.41) is 0.546. The van der Waals surface area contributed by atoms with E-state index in [0.29, 0.717) is 10.6 Å². The topological polar surface area (TPSA) is 63.7 Å². The van der Waals surface area contributed by atoms with Gasteiger partial charge in [0.05, 0.1) is 11.4 Å². The van der Waals surface area contributed by atoms with Crippen LogP contribution in [0.4, 0.5) is 8.78 Å². The van der Waals surface area contributed by atoms with Crippen LogP contribution >= 0.6 is 0 Å². The Morgan fingerprint density at radius 3 is 2.33 bits per heavy atom. The Balaban J connectivity index is 1.83. The molecule has 0 spiro atoms. The Hall–Kier alpha value is -2.32. The summed E-state index contributed by atoms with van der Waals surface area (Å²) in [6, 6.07) is 14.3. The van der Waals surface area contributed by atoms with Crippen LogP contribution in [0.5, 0.6) is 0 Å². The zero-order valence-electron chi connectivity index (χ0n) is 14.6. The van der Waals surface area contributed by atoms with Gasteiger partial charge >= 0.3 is 10.1 Å². The normalized spacial score (nSPS) is 20.4. The lowest BCUT2D eigenvalue weighted by molar-refractivity contribution is -0.163. The molecular formula is C19H19F2NO4S. The first-order chi connectivity index (χ1) is 12.7. The van der Waals surface area contributed by atoms with Crippen molar-refractivity contribution in [3.63, 3.8) is 0 Å². The van der Waals surface area contributed by atoms with Crippen molar-refractivity contribution in [2.75, 3.05) is 6.54 Å². The summed E-state index contributed by atoms with van der Waals surface area (Å²) in [5.74, 6) is -1.02. The van der Waals surface area contributed by atoms with E-state index in [-0.39, 0.29) is 24.3 Å². The van der Waals surface area contributed by atoms with Gasteiger partial charge in [0.2, 0.25) is 0 Å². The molecule has 2 aromatic carbocycles. The molecule has 1 atom stereocenters. The molecule has 0 bridgehead atoms. The number of amides is 1. The Kier molecular flexibility index (Phi) is 5.30. The molecule has 27 heavy (non-hydrogen) atoms. The number of alkyl halides is 2. The second-order valence-corrected chi connectivity index (χ2v) is 8.15. The molecule has 1 unspecified atom stereocenters. The monoisotopic (exact) mass is 395 g/mol. The predicted molar refractivity (Wildman–Crippen MR) is 94.4 cm³/mol. The Morgan fingerprint density at radius 2 is 1.74 bits per heavy atom. The lowest BCUT2D eigenvalue weighted by atomic mass is 9.80. The molecule has 1 aliphatic rings. The van der Waals surface area contributed by atoms with Crippen molar-refractivity contribution in [1.82, 2.24) is 5.06 Å². The fraction of sp³-hybridized carbons (Fsp3) is 0.316. The molecule has 8 heteroatoms. The maximum atomic E-state index is 13.9. The van der Waals surface area contributed by atoms with Gasteiger partial charge < -0.3 is 0 Å². The summed E-state index contributed by atoms with van der Waals surface area (Å²) in [6.45, 7) is 1.57. The van der Waals surface area contributed by atoms with Crippen molar-refractivity contribution in [3.8, 4) is 0 Å². The highest BCUT2D eigenvalue weighted by Crippen LogP contribution is 2.41. The van der Waals surface area contributed by atoms with Gasteiger partial charge in [-0.3, -0.25) is 4.79 Å². The second kappa shape index (κ2) is 7.36. The van der Waals surface area contributed by atoms with E-state index in [2.05, 4.69) is 0 Å². The van der Waals surface area contributed by atoms with Gasteiger partial charge in [0, 0.05) is 0 Å². The SMILES string of the molecule is Cc1ccc(S(=O)(=O)ON2CCC(Cc3ccccc3)(C(F)F)C2=O)cc1. The summed E-state index contributed by atoms with van der Waals surface area (Å²) < 4.78 is 57.4. The van der Waals surface area contributed by atoms with E-state index in [1.54, 1.807) is 49.4 Å². The molecular weight excluding hydrogens is 376 g/mol. The summed E-state index contributed by atoms with van der Waals surface area (Å²) in [4.78, 5) is 12.6. The zero-order chi connectivity index (χ0) is 19.7. The average Bonchev–Trinajstić information content (AvgIpc) is 2.93. The molecule has 1 amide bonds. The molecule has 5 nitrogen and oxygen atoms in total. The molecule has 0 saturated carbocycles. The van der Waals surface area contributed by atoms with Gasteiger partial charge in [0.25, 0.3) is 12.3 Å². The number of carbonyl (C=O) groups excluding carboxylic acids is 1. The van der Waals surface area contributed by atoms with Crippen LogP contribution in [0.3, 0.4) is 0 Å². The molecule has 1 fully saturated rings. The first kappa shape index (κ1) is 19.4. The van der Waals surface area contributed by atoms with E-state index in [1.165, 1.54) is 12.1 Å². The number of nitrogens with zero attached hydrogens (tertiary/aromatic N) is 1.